The second-order valence-electron chi connectivity index (χ2n) is 5.81. The fourth-order valence-corrected chi connectivity index (χ4v) is 4.74. The fourth-order valence-electron chi connectivity index (χ4n) is 1.71. The van der Waals surface area contributed by atoms with Gasteiger partial charge in [-0.3, -0.25) is 4.79 Å². The summed E-state index contributed by atoms with van der Waals surface area (Å²) in [5.74, 6) is 1.26. The van der Waals surface area contributed by atoms with Crippen LogP contribution in [0.1, 0.15) is 32.1 Å². The second kappa shape index (κ2) is 10.2. The highest BCUT2D eigenvalue weighted by Crippen LogP contribution is 2.39. The molecule has 1 aliphatic heterocycles. The molecule has 0 bridgehead atoms. The molecule has 0 aromatic carbocycles. The van der Waals surface area contributed by atoms with Crippen molar-refractivity contribution in [2.45, 2.75) is 37.4 Å². The summed E-state index contributed by atoms with van der Waals surface area (Å²) in [4.78, 5) is 11.5. The number of nitrogens with zero attached hydrogens (tertiary/aromatic N) is 1. The van der Waals surface area contributed by atoms with Crippen LogP contribution in [0.5, 0.6) is 0 Å². The summed E-state index contributed by atoms with van der Waals surface area (Å²) < 4.78 is 6.06. The summed E-state index contributed by atoms with van der Waals surface area (Å²) in [5, 5.41) is 0.823. The summed E-state index contributed by atoms with van der Waals surface area (Å²) in [5.41, 5.74) is 0. The summed E-state index contributed by atoms with van der Waals surface area (Å²) in [7, 11) is 10.3. The van der Waals surface area contributed by atoms with Crippen molar-refractivity contribution < 1.29 is 26.4 Å². The topological polar surface area (TPSA) is 26.3 Å². The van der Waals surface area contributed by atoms with Crippen LogP contribution < -0.4 is 12.4 Å². The third-order valence-corrected chi connectivity index (χ3v) is 5.92. The van der Waals surface area contributed by atoms with Crippen LogP contribution in [0.25, 0.3) is 0 Å². The van der Waals surface area contributed by atoms with E-state index in [0.717, 1.165) is 29.1 Å². The molecule has 1 aliphatic rings. The second-order valence-corrected chi connectivity index (χ2v) is 8.60. The number of carbonyl (C=O) groups is 1. The quantitative estimate of drug-likeness (QED) is 0.270. The molecule has 1 rings (SSSR count). The maximum absolute atomic E-state index is 11.5. The Labute approximate surface area is 131 Å². The maximum Gasteiger partial charge on any atom is 0.305 e. The molecule has 0 amide bonds. The summed E-state index contributed by atoms with van der Waals surface area (Å²) in [6.07, 6.45) is 5.31. The highest BCUT2D eigenvalue weighted by Gasteiger charge is 2.16. The lowest BCUT2D eigenvalue weighted by atomic mass is 10.1. The number of halogens is 1. The number of unbranched alkanes of at least 4 members (excludes halogenated alkanes) is 1. The van der Waals surface area contributed by atoms with Gasteiger partial charge in [-0.1, -0.05) is 28.0 Å². The number of quaternary nitrogens is 1. The molecule has 0 N–H and O–H groups in total. The fraction of sp³-hybridized carbons (Fsp3) is 0.923. The van der Waals surface area contributed by atoms with Gasteiger partial charge < -0.3 is 21.6 Å². The third-order valence-electron chi connectivity index (χ3n) is 2.91. The van der Waals surface area contributed by atoms with Gasteiger partial charge >= 0.3 is 5.97 Å². The molecule has 1 fully saturated rings. The minimum atomic E-state index is -0.0306. The highest BCUT2D eigenvalue weighted by atomic mass is 35.5. The van der Waals surface area contributed by atoms with Gasteiger partial charge in [0, 0.05) is 17.4 Å². The molecular formula is C13H26ClNO2S2. The molecule has 114 valence electrons. The molecular weight excluding hydrogens is 302 g/mol. The van der Waals surface area contributed by atoms with Crippen molar-refractivity contribution in [2.75, 3.05) is 40.0 Å². The maximum atomic E-state index is 11.5. The van der Waals surface area contributed by atoms with E-state index in [1.54, 1.807) is 0 Å². The normalized spacial score (nSPS) is 19.0. The van der Waals surface area contributed by atoms with Crippen LogP contribution in [0.4, 0.5) is 0 Å². The molecule has 1 heterocycles. The minimum Gasteiger partial charge on any atom is -1.00 e. The molecule has 0 saturated carbocycles. The van der Waals surface area contributed by atoms with Crippen LogP contribution in [0.15, 0.2) is 0 Å². The average Bonchev–Trinajstić information content (AvgIpc) is 2.75. The molecule has 0 aromatic heterocycles. The summed E-state index contributed by atoms with van der Waals surface area (Å²) in [6.45, 7) is 1.42. The first-order valence-electron chi connectivity index (χ1n) is 6.72. The molecule has 1 atom stereocenters. The molecule has 1 saturated heterocycles. The monoisotopic (exact) mass is 327 g/mol. The Morgan fingerprint density at radius 3 is 2.63 bits per heavy atom. The molecule has 0 aromatic rings. The largest absolute Gasteiger partial charge is 1.00 e. The zero-order valence-corrected chi connectivity index (χ0v) is 14.6. The molecule has 0 spiro atoms. The lowest BCUT2D eigenvalue weighted by Gasteiger charge is -2.23. The molecule has 19 heavy (non-hydrogen) atoms. The van der Waals surface area contributed by atoms with Crippen LogP contribution in [-0.4, -0.2) is 55.7 Å². The van der Waals surface area contributed by atoms with Gasteiger partial charge in [0.2, 0.25) is 0 Å². The predicted molar refractivity (Wildman–Crippen MR) is 80.8 cm³/mol. The van der Waals surface area contributed by atoms with Gasteiger partial charge in [-0.25, -0.2) is 0 Å². The molecule has 6 heteroatoms. The van der Waals surface area contributed by atoms with E-state index in [2.05, 4.69) is 21.1 Å². The number of hydrogen-bond donors (Lipinski definition) is 0. The lowest BCUT2D eigenvalue weighted by molar-refractivity contribution is -0.870. The van der Waals surface area contributed by atoms with Crippen molar-refractivity contribution in [2.24, 2.45) is 0 Å². The number of likely N-dealkylation sites (N-methyl/N-ethyl adjacent to an activating group) is 1. The van der Waals surface area contributed by atoms with Gasteiger partial charge in [0.25, 0.3) is 0 Å². The Morgan fingerprint density at radius 1 is 1.32 bits per heavy atom. The van der Waals surface area contributed by atoms with Crippen molar-refractivity contribution >= 4 is 27.6 Å². The van der Waals surface area contributed by atoms with E-state index in [-0.39, 0.29) is 18.4 Å². The van der Waals surface area contributed by atoms with Crippen molar-refractivity contribution in [3.8, 4) is 0 Å². The summed E-state index contributed by atoms with van der Waals surface area (Å²) in [6, 6.07) is 0. The van der Waals surface area contributed by atoms with Crippen LogP contribution in [-0.2, 0) is 9.53 Å². The Hall–Kier alpha value is 0.420. The van der Waals surface area contributed by atoms with Crippen molar-refractivity contribution in [3.63, 3.8) is 0 Å². The predicted octanol–water partition coefficient (Wildman–Crippen LogP) is -0.0461. The zero-order valence-electron chi connectivity index (χ0n) is 12.2. The van der Waals surface area contributed by atoms with Crippen LogP contribution >= 0.6 is 21.6 Å². The smallest absolute Gasteiger partial charge is 0.305 e. The van der Waals surface area contributed by atoms with Crippen LogP contribution in [0.2, 0.25) is 0 Å². The SMILES string of the molecule is C[N+](C)(C)CCOC(=O)CCCCC1CCSS1.[Cl-]. The standard InChI is InChI=1S/C13H26NO2S2.ClH/c1-14(2,3)9-10-16-13(15)7-5-4-6-12-8-11-17-18-12;/h12H,4-11H2,1-3H3;1H/q+1;/p-1. The number of ether oxygens (including phenoxy) is 1. The number of carbonyl (C=O) groups excluding carboxylic acids is 1. The van der Waals surface area contributed by atoms with E-state index in [1.807, 2.05) is 21.6 Å². The van der Waals surface area contributed by atoms with E-state index in [9.17, 15) is 4.79 Å². The first-order valence-corrected chi connectivity index (χ1v) is 9.10. The van der Waals surface area contributed by atoms with E-state index >= 15 is 0 Å². The van der Waals surface area contributed by atoms with Crippen LogP contribution in [0.3, 0.4) is 0 Å². The van der Waals surface area contributed by atoms with E-state index in [4.69, 9.17) is 4.74 Å². The summed E-state index contributed by atoms with van der Waals surface area (Å²) >= 11 is 0. The number of rotatable bonds is 8. The van der Waals surface area contributed by atoms with Gasteiger partial charge in [-0.05, 0) is 19.3 Å². The first kappa shape index (κ1) is 19.4. The van der Waals surface area contributed by atoms with Gasteiger partial charge in [0.05, 0.1) is 21.1 Å². The highest BCUT2D eigenvalue weighted by molar-refractivity contribution is 8.77. The van der Waals surface area contributed by atoms with E-state index in [0.29, 0.717) is 13.0 Å². The van der Waals surface area contributed by atoms with Gasteiger partial charge in [0.1, 0.15) is 13.2 Å². The minimum absolute atomic E-state index is 0. The third kappa shape index (κ3) is 10.8. The van der Waals surface area contributed by atoms with Crippen molar-refractivity contribution in [1.82, 2.24) is 0 Å². The zero-order chi connectivity index (χ0) is 13.4. The van der Waals surface area contributed by atoms with Gasteiger partial charge in [0.15, 0.2) is 0 Å². The Kier molecular flexibility index (Phi) is 10.4. The van der Waals surface area contributed by atoms with Gasteiger partial charge in [-0.2, -0.15) is 0 Å². The lowest BCUT2D eigenvalue weighted by Crippen LogP contribution is -3.00. The number of esters is 1. The van der Waals surface area contributed by atoms with Gasteiger partial charge in [-0.15, -0.1) is 0 Å². The van der Waals surface area contributed by atoms with E-state index < -0.39 is 0 Å². The molecule has 0 aliphatic carbocycles. The average molecular weight is 328 g/mol. The van der Waals surface area contributed by atoms with Crippen molar-refractivity contribution in [1.29, 1.82) is 0 Å². The Bertz CT molecular complexity index is 254. The molecule has 1 unspecified atom stereocenters. The number of hydrogen-bond acceptors (Lipinski definition) is 4. The molecule has 3 nitrogen and oxygen atoms in total. The first-order chi connectivity index (χ1) is 8.47. The van der Waals surface area contributed by atoms with E-state index in [1.165, 1.54) is 18.6 Å². The van der Waals surface area contributed by atoms with Crippen LogP contribution in [0, 0.1) is 0 Å². The Balaban J connectivity index is 0.00000324. The van der Waals surface area contributed by atoms with Crippen molar-refractivity contribution in [3.05, 3.63) is 0 Å². The molecule has 0 radical (unpaired) electrons. The Morgan fingerprint density at radius 2 is 2.05 bits per heavy atom.